The molecule has 1 aromatic carbocycles. The van der Waals surface area contributed by atoms with Crippen LogP contribution < -0.4 is 10.1 Å². The summed E-state index contributed by atoms with van der Waals surface area (Å²) in [6.07, 6.45) is 1.23. The number of hydrogen-bond donors (Lipinski definition) is 1. The first-order valence-corrected chi connectivity index (χ1v) is 5.59. The molecule has 0 aliphatic rings. The molecule has 0 aliphatic carbocycles. The predicted octanol–water partition coefficient (Wildman–Crippen LogP) is 2.74. The molecule has 86 valence electrons. The third-order valence-corrected chi connectivity index (χ3v) is 2.39. The minimum Gasteiger partial charge on any atom is -0.492 e. The van der Waals surface area contributed by atoms with Crippen molar-refractivity contribution >= 4 is 11.6 Å². The van der Waals surface area contributed by atoms with E-state index in [0.717, 1.165) is 17.7 Å². The molecule has 16 heavy (non-hydrogen) atoms. The summed E-state index contributed by atoms with van der Waals surface area (Å²) in [5, 5.41) is 12.1. The van der Waals surface area contributed by atoms with Crippen LogP contribution in [0.3, 0.4) is 0 Å². The summed E-state index contributed by atoms with van der Waals surface area (Å²) in [7, 11) is 1.88. The smallest absolute Gasteiger partial charge is 0.142 e. The highest BCUT2D eigenvalue weighted by atomic mass is 35.5. The van der Waals surface area contributed by atoms with Crippen LogP contribution in [0.25, 0.3) is 0 Å². The van der Waals surface area contributed by atoms with Gasteiger partial charge in [0.15, 0.2) is 0 Å². The number of halogens is 1. The maximum atomic E-state index is 8.42. The van der Waals surface area contributed by atoms with E-state index in [1.54, 1.807) is 6.07 Å². The van der Waals surface area contributed by atoms with Crippen molar-refractivity contribution in [2.24, 2.45) is 0 Å². The highest BCUT2D eigenvalue weighted by Gasteiger charge is 2.07. The highest BCUT2D eigenvalue weighted by molar-refractivity contribution is 6.32. The minimum atomic E-state index is 0.506. The van der Waals surface area contributed by atoms with E-state index in [1.165, 1.54) is 0 Å². The fraction of sp³-hybridized carbons (Fsp3) is 0.417. The Balaban J connectivity index is 2.65. The molecule has 0 aromatic heterocycles. The van der Waals surface area contributed by atoms with Gasteiger partial charge in [0.1, 0.15) is 5.75 Å². The van der Waals surface area contributed by atoms with Crippen LogP contribution in [-0.4, -0.2) is 13.7 Å². The van der Waals surface area contributed by atoms with E-state index in [0.29, 0.717) is 24.6 Å². The van der Waals surface area contributed by atoms with Crippen molar-refractivity contribution in [2.45, 2.75) is 19.4 Å². The quantitative estimate of drug-likeness (QED) is 0.776. The number of ether oxygens (including phenoxy) is 1. The van der Waals surface area contributed by atoms with E-state index < -0.39 is 0 Å². The second-order valence-electron chi connectivity index (χ2n) is 3.37. The summed E-state index contributed by atoms with van der Waals surface area (Å²) in [5.74, 6) is 0.719. The van der Waals surface area contributed by atoms with Crippen molar-refractivity contribution in [1.82, 2.24) is 5.32 Å². The molecule has 1 aromatic rings. The Kier molecular flexibility index (Phi) is 5.69. The van der Waals surface area contributed by atoms with Gasteiger partial charge in [-0.15, -0.1) is 0 Å². The highest BCUT2D eigenvalue weighted by Crippen LogP contribution is 2.28. The summed E-state index contributed by atoms with van der Waals surface area (Å²) in [4.78, 5) is 0. The van der Waals surface area contributed by atoms with E-state index in [1.807, 2.05) is 19.2 Å². The van der Waals surface area contributed by atoms with Gasteiger partial charge in [-0.25, -0.2) is 0 Å². The molecule has 0 saturated carbocycles. The van der Waals surface area contributed by atoms with Crippen molar-refractivity contribution in [3.05, 3.63) is 28.8 Å². The van der Waals surface area contributed by atoms with Crippen molar-refractivity contribution in [3.63, 3.8) is 0 Å². The Hall–Kier alpha value is -1.24. The van der Waals surface area contributed by atoms with Crippen LogP contribution in [0.1, 0.15) is 18.4 Å². The second kappa shape index (κ2) is 7.10. The number of para-hydroxylation sites is 1. The molecule has 0 spiro atoms. The van der Waals surface area contributed by atoms with Gasteiger partial charge in [-0.3, -0.25) is 0 Å². The Morgan fingerprint density at radius 2 is 2.31 bits per heavy atom. The average molecular weight is 239 g/mol. The summed E-state index contributed by atoms with van der Waals surface area (Å²) in [6, 6.07) is 7.76. The molecule has 1 rings (SSSR count). The van der Waals surface area contributed by atoms with E-state index in [2.05, 4.69) is 11.4 Å². The number of hydrogen-bond acceptors (Lipinski definition) is 3. The molecule has 4 heteroatoms. The summed E-state index contributed by atoms with van der Waals surface area (Å²) in [5.41, 5.74) is 1.03. The fourth-order valence-electron chi connectivity index (χ4n) is 1.37. The van der Waals surface area contributed by atoms with Crippen LogP contribution in [-0.2, 0) is 6.54 Å². The van der Waals surface area contributed by atoms with E-state index in [-0.39, 0.29) is 0 Å². The maximum absolute atomic E-state index is 8.42. The first kappa shape index (κ1) is 12.8. The standard InChI is InChI=1S/C12H15ClN2O/c1-15-9-10-5-4-6-11(13)12(10)16-8-3-2-7-14/h4-6,15H,2-3,8-9H2,1H3. The minimum absolute atomic E-state index is 0.506. The zero-order valence-electron chi connectivity index (χ0n) is 9.29. The third-order valence-electron chi connectivity index (χ3n) is 2.10. The molecule has 0 saturated heterocycles. The number of nitrogens with zero attached hydrogens (tertiary/aromatic N) is 1. The Morgan fingerprint density at radius 3 is 3.00 bits per heavy atom. The van der Waals surface area contributed by atoms with E-state index in [4.69, 9.17) is 21.6 Å². The number of nitrogens with one attached hydrogen (secondary N) is 1. The molecule has 0 aliphatic heterocycles. The summed E-state index contributed by atoms with van der Waals surface area (Å²) in [6.45, 7) is 1.24. The maximum Gasteiger partial charge on any atom is 0.142 e. The lowest BCUT2D eigenvalue weighted by atomic mass is 10.2. The monoisotopic (exact) mass is 238 g/mol. The van der Waals surface area contributed by atoms with Crippen molar-refractivity contribution < 1.29 is 4.74 Å². The molecular weight excluding hydrogens is 224 g/mol. The van der Waals surface area contributed by atoms with Crippen LogP contribution in [0.15, 0.2) is 18.2 Å². The molecular formula is C12H15ClN2O. The Labute approximate surface area is 101 Å². The third kappa shape index (κ3) is 3.73. The van der Waals surface area contributed by atoms with Gasteiger partial charge in [0.2, 0.25) is 0 Å². The molecule has 0 amide bonds. The largest absolute Gasteiger partial charge is 0.492 e. The molecule has 3 nitrogen and oxygen atoms in total. The summed E-state index contributed by atoms with van der Waals surface area (Å²) >= 11 is 6.06. The van der Waals surface area contributed by atoms with Crippen LogP contribution in [0.5, 0.6) is 5.75 Å². The SMILES string of the molecule is CNCc1cccc(Cl)c1OCCCC#N. The molecule has 1 N–H and O–H groups in total. The number of benzene rings is 1. The molecule has 0 fully saturated rings. The van der Waals surface area contributed by atoms with Gasteiger partial charge in [0, 0.05) is 18.5 Å². The number of nitriles is 1. The van der Waals surface area contributed by atoms with Crippen LogP contribution in [0.4, 0.5) is 0 Å². The summed E-state index contributed by atoms with van der Waals surface area (Å²) < 4.78 is 5.60. The van der Waals surface area contributed by atoms with Crippen molar-refractivity contribution in [3.8, 4) is 11.8 Å². The molecule has 0 bridgehead atoms. The topological polar surface area (TPSA) is 45.0 Å². The van der Waals surface area contributed by atoms with Crippen LogP contribution in [0.2, 0.25) is 5.02 Å². The number of unbranched alkanes of at least 4 members (excludes halogenated alkanes) is 1. The van der Waals surface area contributed by atoms with Gasteiger partial charge in [0.25, 0.3) is 0 Å². The van der Waals surface area contributed by atoms with Gasteiger partial charge in [-0.2, -0.15) is 5.26 Å². The van der Waals surface area contributed by atoms with Gasteiger partial charge < -0.3 is 10.1 Å². The van der Waals surface area contributed by atoms with Crippen LogP contribution >= 0.6 is 11.6 Å². The lowest BCUT2D eigenvalue weighted by Crippen LogP contribution is -2.08. The average Bonchev–Trinajstić information content (AvgIpc) is 2.28. The van der Waals surface area contributed by atoms with Crippen molar-refractivity contribution in [1.29, 1.82) is 5.26 Å². The lowest BCUT2D eigenvalue weighted by Gasteiger charge is -2.12. The first-order valence-electron chi connectivity index (χ1n) is 5.21. The second-order valence-corrected chi connectivity index (χ2v) is 3.78. The van der Waals surface area contributed by atoms with Gasteiger partial charge >= 0.3 is 0 Å². The normalized spacial score (nSPS) is 9.81. The van der Waals surface area contributed by atoms with E-state index >= 15 is 0 Å². The molecule has 0 heterocycles. The van der Waals surface area contributed by atoms with Gasteiger partial charge in [-0.1, -0.05) is 23.7 Å². The van der Waals surface area contributed by atoms with Gasteiger partial charge in [0.05, 0.1) is 17.7 Å². The lowest BCUT2D eigenvalue weighted by molar-refractivity contribution is 0.309. The Morgan fingerprint density at radius 1 is 1.50 bits per heavy atom. The molecule has 0 radical (unpaired) electrons. The molecule has 0 unspecified atom stereocenters. The van der Waals surface area contributed by atoms with Gasteiger partial charge in [-0.05, 0) is 19.5 Å². The fourth-order valence-corrected chi connectivity index (χ4v) is 1.62. The van der Waals surface area contributed by atoms with Crippen LogP contribution in [0, 0.1) is 11.3 Å². The van der Waals surface area contributed by atoms with E-state index in [9.17, 15) is 0 Å². The predicted molar refractivity (Wildman–Crippen MR) is 64.6 cm³/mol. The Bertz CT molecular complexity index is 374. The zero-order valence-corrected chi connectivity index (χ0v) is 10.0. The van der Waals surface area contributed by atoms with Crippen molar-refractivity contribution in [2.75, 3.05) is 13.7 Å². The molecule has 0 atom stereocenters. The number of rotatable bonds is 6. The zero-order chi connectivity index (χ0) is 11.8. The first-order chi connectivity index (χ1) is 7.79.